The van der Waals surface area contributed by atoms with Crippen LogP contribution in [-0.2, 0) is 10.5 Å². The average molecular weight is 479 g/mol. The molecule has 5 nitrogen and oxygen atoms in total. The Balaban J connectivity index is 1.81. The Morgan fingerprint density at radius 1 is 1.03 bits per heavy atom. The summed E-state index contributed by atoms with van der Waals surface area (Å²) in [6.45, 7) is 15.0. The van der Waals surface area contributed by atoms with Crippen LogP contribution in [0.1, 0.15) is 76.0 Å². The second kappa shape index (κ2) is 11.2. The zero-order chi connectivity index (χ0) is 24.9. The highest BCUT2D eigenvalue weighted by Gasteiger charge is 2.23. The standard InChI is InChI=1S/C28H38N4OS/c1-19-12-14-24(15-13-19)32-26(22(4)29-25(33)16-20(2)17-28(5,6)7)30-31-27(32)34-18-23-11-9-8-10-21(23)3/h8-15,20,22H,16-18H2,1-7H3,(H,29,33). The first kappa shape index (κ1) is 26.0. The van der Waals surface area contributed by atoms with Crippen LogP contribution in [-0.4, -0.2) is 20.7 Å². The van der Waals surface area contributed by atoms with Crippen LogP contribution in [0.5, 0.6) is 0 Å². The van der Waals surface area contributed by atoms with E-state index in [2.05, 4.69) is 110 Å². The average Bonchev–Trinajstić information content (AvgIpc) is 3.16. The molecule has 1 heterocycles. The molecule has 34 heavy (non-hydrogen) atoms. The maximum absolute atomic E-state index is 12.8. The van der Waals surface area contributed by atoms with Crippen molar-refractivity contribution in [3.63, 3.8) is 0 Å². The summed E-state index contributed by atoms with van der Waals surface area (Å²) < 4.78 is 2.08. The molecule has 0 saturated carbocycles. The molecule has 2 aromatic carbocycles. The summed E-state index contributed by atoms with van der Waals surface area (Å²) in [4.78, 5) is 12.8. The van der Waals surface area contributed by atoms with Gasteiger partial charge in [0, 0.05) is 17.9 Å². The lowest BCUT2D eigenvalue weighted by Crippen LogP contribution is -2.30. The number of benzene rings is 2. The molecule has 2 unspecified atom stereocenters. The Kier molecular flexibility index (Phi) is 8.58. The second-order valence-electron chi connectivity index (χ2n) is 10.6. The molecular weight excluding hydrogens is 440 g/mol. The van der Waals surface area contributed by atoms with E-state index in [1.165, 1.54) is 16.7 Å². The minimum absolute atomic E-state index is 0.0526. The first-order valence-corrected chi connectivity index (χ1v) is 13.0. The third kappa shape index (κ3) is 7.20. The van der Waals surface area contributed by atoms with Crippen molar-refractivity contribution in [3.8, 4) is 5.69 Å². The fraction of sp³-hybridized carbons (Fsp3) is 0.464. The zero-order valence-corrected chi connectivity index (χ0v) is 22.4. The normalized spacial score (nSPS) is 13.5. The molecule has 0 radical (unpaired) electrons. The minimum atomic E-state index is -0.254. The van der Waals surface area contributed by atoms with Crippen LogP contribution in [0, 0.1) is 25.2 Å². The number of carbonyl (C=O) groups excluding carboxylic acids is 1. The molecule has 1 N–H and O–H groups in total. The Bertz CT molecular complexity index is 1100. The summed E-state index contributed by atoms with van der Waals surface area (Å²) in [6, 6.07) is 16.5. The topological polar surface area (TPSA) is 59.8 Å². The highest BCUT2D eigenvalue weighted by atomic mass is 32.2. The molecule has 1 aromatic heterocycles. The molecule has 2 atom stereocenters. The Morgan fingerprint density at radius 2 is 1.71 bits per heavy atom. The Morgan fingerprint density at radius 3 is 2.35 bits per heavy atom. The van der Waals surface area contributed by atoms with Crippen molar-refractivity contribution in [1.29, 1.82) is 0 Å². The van der Waals surface area contributed by atoms with Crippen molar-refractivity contribution in [3.05, 3.63) is 71.0 Å². The van der Waals surface area contributed by atoms with Crippen LogP contribution in [0.2, 0.25) is 0 Å². The van der Waals surface area contributed by atoms with Crippen LogP contribution < -0.4 is 5.32 Å². The van der Waals surface area contributed by atoms with Crippen molar-refractivity contribution in [2.24, 2.45) is 11.3 Å². The lowest BCUT2D eigenvalue weighted by atomic mass is 9.84. The molecule has 6 heteroatoms. The van der Waals surface area contributed by atoms with Gasteiger partial charge < -0.3 is 5.32 Å². The van der Waals surface area contributed by atoms with E-state index >= 15 is 0 Å². The van der Waals surface area contributed by atoms with Gasteiger partial charge in [0.15, 0.2) is 11.0 Å². The molecule has 0 spiro atoms. The number of nitrogens with one attached hydrogen (secondary N) is 1. The molecule has 182 valence electrons. The van der Waals surface area contributed by atoms with Crippen LogP contribution in [0.3, 0.4) is 0 Å². The summed E-state index contributed by atoms with van der Waals surface area (Å²) in [5.41, 5.74) is 4.95. The summed E-state index contributed by atoms with van der Waals surface area (Å²) in [5, 5.41) is 13.0. The number of thioether (sulfide) groups is 1. The Labute approximate surface area is 208 Å². The second-order valence-corrected chi connectivity index (χ2v) is 11.5. The summed E-state index contributed by atoms with van der Waals surface area (Å²) in [7, 11) is 0. The van der Waals surface area contributed by atoms with E-state index in [-0.39, 0.29) is 17.4 Å². The molecule has 3 aromatic rings. The van der Waals surface area contributed by atoms with Gasteiger partial charge in [0.1, 0.15) is 0 Å². The van der Waals surface area contributed by atoms with Crippen LogP contribution in [0.25, 0.3) is 5.69 Å². The van der Waals surface area contributed by atoms with Gasteiger partial charge in [-0.2, -0.15) is 0 Å². The van der Waals surface area contributed by atoms with Gasteiger partial charge in [-0.15, -0.1) is 10.2 Å². The number of carbonyl (C=O) groups is 1. The number of amides is 1. The smallest absolute Gasteiger partial charge is 0.220 e. The summed E-state index contributed by atoms with van der Waals surface area (Å²) in [6.07, 6.45) is 1.52. The first-order chi connectivity index (χ1) is 16.0. The lowest BCUT2D eigenvalue weighted by Gasteiger charge is -2.23. The molecule has 1 amide bonds. The monoisotopic (exact) mass is 478 g/mol. The van der Waals surface area contributed by atoms with Gasteiger partial charge in [0.2, 0.25) is 5.91 Å². The largest absolute Gasteiger partial charge is 0.346 e. The number of rotatable bonds is 9. The van der Waals surface area contributed by atoms with Crippen molar-refractivity contribution in [1.82, 2.24) is 20.1 Å². The SMILES string of the molecule is Cc1ccc(-n2c(SCc3ccccc3C)nnc2C(C)NC(=O)CC(C)CC(C)(C)C)cc1. The number of hydrogen-bond donors (Lipinski definition) is 1. The van der Waals surface area contributed by atoms with Gasteiger partial charge in [-0.1, -0.05) is 81.4 Å². The van der Waals surface area contributed by atoms with E-state index in [0.29, 0.717) is 12.3 Å². The van der Waals surface area contributed by atoms with E-state index in [0.717, 1.165) is 28.8 Å². The predicted octanol–water partition coefficient (Wildman–Crippen LogP) is 6.82. The van der Waals surface area contributed by atoms with Gasteiger partial charge in [0.05, 0.1) is 6.04 Å². The molecule has 0 aliphatic rings. The fourth-order valence-electron chi connectivity index (χ4n) is 4.30. The van der Waals surface area contributed by atoms with E-state index in [1.807, 2.05) is 6.92 Å². The van der Waals surface area contributed by atoms with Crippen molar-refractivity contribution in [2.45, 2.75) is 78.3 Å². The molecule has 0 fully saturated rings. The van der Waals surface area contributed by atoms with Crippen LogP contribution >= 0.6 is 11.8 Å². The van der Waals surface area contributed by atoms with Crippen molar-refractivity contribution >= 4 is 17.7 Å². The van der Waals surface area contributed by atoms with E-state index in [9.17, 15) is 4.79 Å². The van der Waals surface area contributed by atoms with Gasteiger partial charge in [-0.25, -0.2) is 0 Å². The van der Waals surface area contributed by atoms with Crippen LogP contribution in [0.4, 0.5) is 0 Å². The van der Waals surface area contributed by atoms with Gasteiger partial charge in [-0.05, 0) is 61.8 Å². The highest BCUT2D eigenvalue weighted by Crippen LogP contribution is 2.29. The molecule has 0 aliphatic carbocycles. The third-order valence-corrected chi connectivity index (χ3v) is 6.81. The maximum Gasteiger partial charge on any atom is 0.220 e. The summed E-state index contributed by atoms with van der Waals surface area (Å²) in [5.74, 6) is 1.93. The minimum Gasteiger partial charge on any atom is -0.346 e. The number of aryl methyl sites for hydroxylation is 2. The third-order valence-electron chi connectivity index (χ3n) is 5.83. The van der Waals surface area contributed by atoms with Gasteiger partial charge in [0.25, 0.3) is 0 Å². The Hall–Kier alpha value is -2.60. The van der Waals surface area contributed by atoms with Crippen molar-refractivity contribution < 1.29 is 4.79 Å². The van der Waals surface area contributed by atoms with Gasteiger partial charge in [-0.3, -0.25) is 9.36 Å². The number of nitrogens with zero attached hydrogens (tertiary/aromatic N) is 3. The molecule has 3 rings (SSSR count). The van der Waals surface area contributed by atoms with E-state index < -0.39 is 0 Å². The zero-order valence-electron chi connectivity index (χ0n) is 21.6. The maximum atomic E-state index is 12.8. The molecule has 0 saturated heterocycles. The van der Waals surface area contributed by atoms with E-state index in [1.54, 1.807) is 11.8 Å². The number of hydrogen-bond acceptors (Lipinski definition) is 4. The van der Waals surface area contributed by atoms with Crippen LogP contribution in [0.15, 0.2) is 53.7 Å². The predicted molar refractivity (Wildman–Crippen MR) is 141 cm³/mol. The fourth-order valence-corrected chi connectivity index (χ4v) is 5.34. The highest BCUT2D eigenvalue weighted by molar-refractivity contribution is 7.98. The van der Waals surface area contributed by atoms with E-state index in [4.69, 9.17) is 0 Å². The molecule has 0 aliphatic heterocycles. The lowest BCUT2D eigenvalue weighted by molar-refractivity contribution is -0.122. The van der Waals surface area contributed by atoms with Crippen molar-refractivity contribution in [2.75, 3.05) is 0 Å². The molecular formula is C28H38N4OS. The summed E-state index contributed by atoms with van der Waals surface area (Å²) >= 11 is 1.66. The first-order valence-electron chi connectivity index (χ1n) is 12.0. The quantitative estimate of drug-likeness (QED) is 0.343. The number of aromatic nitrogens is 3. The molecule has 0 bridgehead atoms. The van der Waals surface area contributed by atoms with Gasteiger partial charge >= 0.3 is 0 Å².